The first-order valence-electron chi connectivity index (χ1n) is 7.96. The highest BCUT2D eigenvalue weighted by molar-refractivity contribution is 5.78. The number of fused-ring (bicyclic) bond motifs is 1. The number of halogens is 1. The molecule has 3 rings (SSSR count). The smallest absolute Gasteiger partial charge is 0.224 e. The number of carbonyl (C=O) groups excluding carboxylic acids is 1. The van der Waals surface area contributed by atoms with Crippen LogP contribution in [-0.2, 0) is 24.1 Å². The van der Waals surface area contributed by atoms with Crippen LogP contribution in [0.4, 0.5) is 4.39 Å². The highest BCUT2D eigenvalue weighted by Crippen LogP contribution is 2.25. The minimum Gasteiger partial charge on any atom is -0.492 e. The third-order valence-electron chi connectivity index (χ3n) is 4.02. The lowest BCUT2D eigenvalue weighted by molar-refractivity contribution is -0.120. The van der Waals surface area contributed by atoms with Crippen molar-refractivity contribution in [3.05, 3.63) is 65.0 Å². The number of rotatable bonds is 6. The van der Waals surface area contributed by atoms with Crippen molar-refractivity contribution in [3.63, 3.8) is 0 Å². The summed E-state index contributed by atoms with van der Waals surface area (Å²) in [5, 5.41) is 2.79. The van der Waals surface area contributed by atoms with Gasteiger partial charge in [-0.05, 0) is 60.2 Å². The summed E-state index contributed by atoms with van der Waals surface area (Å²) in [7, 11) is 0. The number of benzene rings is 2. The predicted octanol–water partition coefficient (Wildman–Crippen LogP) is 3.05. The van der Waals surface area contributed by atoms with Crippen molar-refractivity contribution in [1.82, 2.24) is 5.32 Å². The Morgan fingerprint density at radius 3 is 2.87 bits per heavy atom. The average Bonchev–Trinajstić information content (AvgIpc) is 2.99. The van der Waals surface area contributed by atoms with Crippen LogP contribution in [0.1, 0.15) is 23.1 Å². The summed E-state index contributed by atoms with van der Waals surface area (Å²) in [6.07, 6.45) is 3.67. The maximum Gasteiger partial charge on any atom is 0.224 e. The lowest BCUT2D eigenvalue weighted by Gasteiger charge is -2.09. The third kappa shape index (κ3) is 4.31. The number of aryl methyl sites for hydroxylation is 2. The molecule has 0 spiro atoms. The molecule has 0 radical (unpaired) electrons. The van der Waals surface area contributed by atoms with E-state index in [4.69, 9.17) is 4.74 Å². The number of ether oxygens (including phenoxy) is 1. The van der Waals surface area contributed by atoms with Crippen LogP contribution in [0.3, 0.4) is 0 Å². The van der Waals surface area contributed by atoms with E-state index < -0.39 is 0 Å². The number of nitrogens with one attached hydrogen (secondary N) is 1. The molecule has 0 heterocycles. The van der Waals surface area contributed by atoms with Gasteiger partial charge < -0.3 is 10.1 Å². The molecule has 23 heavy (non-hydrogen) atoms. The van der Waals surface area contributed by atoms with Gasteiger partial charge in [-0.3, -0.25) is 4.79 Å². The molecule has 1 aliphatic carbocycles. The zero-order chi connectivity index (χ0) is 16.1. The predicted molar refractivity (Wildman–Crippen MR) is 87.1 cm³/mol. The summed E-state index contributed by atoms with van der Waals surface area (Å²) in [5.74, 6) is 0.397. The molecule has 0 saturated heterocycles. The van der Waals surface area contributed by atoms with Crippen LogP contribution < -0.4 is 10.1 Å². The largest absolute Gasteiger partial charge is 0.492 e. The summed E-state index contributed by atoms with van der Waals surface area (Å²) in [4.78, 5) is 11.8. The molecule has 2 aromatic rings. The minimum atomic E-state index is -0.324. The van der Waals surface area contributed by atoms with E-state index in [1.165, 1.54) is 29.7 Å². The molecule has 0 aliphatic heterocycles. The molecule has 0 saturated carbocycles. The van der Waals surface area contributed by atoms with Crippen molar-refractivity contribution in [2.75, 3.05) is 13.2 Å². The van der Waals surface area contributed by atoms with Gasteiger partial charge in [-0.2, -0.15) is 0 Å². The van der Waals surface area contributed by atoms with Crippen LogP contribution in [0, 0.1) is 5.82 Å². The fourth-order valence-electron chi connectivity index (χ4n) is 2.89. The molecule has 120 valence electrons. The zero-order valence-corrected chi connectivity index (χ0v) is 13.0. The molecule has 0 unspecified atom stereocenters. The Labute approximate surface area is 135 Å². The van der Waals surface area contributed by atoms with Gasteiger partial charge in [0.15, 0.2) is 0 Å². The second kappa shape index (κ2) is 7.27. The summed E-state index contributed by atoms with van der Waals surface area (Å²) < 4.78 is 18.7. The monoisotopic (exact) mass is 313 g/mol. The summed E-state index contributed by atoms with van der Waals surface area (Å²) in [6, 6.07) is 12.3. The van der Waals surface area contributed by atoms with Gasteiger partial charge in [0.1, 0.15) is 18.2 Å². The molecule has 1 amide bonds. The van der Waals surface area contributed by atoms with Crippen LogP contribution in [0.2, 0.25) is 0 Å². The van der Waals surface area contributed by atoms with Crippen LogP contribution in [0.5, 0.6) is 5.75 Å². The SMILES string of the molecule is O=C(Cc1cccc(F)c1)NCCOc1ccc2c(c1)CCC2. The first-order valence-corrected chi connectivity index (χ1v) is 7.96. The molecule has 1 N–H and O–H groups in total. The van der Waals surface area contributed by atoms with E-state index in [9.17, 15) is 9.18 Å². The van der Waals surface area contributed by atoms with Crippen molar-refractivity contribution < 1.29 is 13.9 Å². The van der Waals surface area contributed by atoms with E-state index in [0.717, 1.165) is 18.6 Å². The van der Waals surface area contributed by atoms with Crippen LogP contribution in [0.15, 0.2) is 42.5 Å². The van der Waals surface area contributed by atoms with E-state index in [2.05, 4.69) is 17.4 Å². The first kappa shape index (κ1) is 15.5. The molecule has 2 aromatic carbocycles. The van der Waals surface area contributed by atoms with Crippen LogP contribution in [0.25, 0.3) is 0 Å². The standard InChI is InChI=1S/C19H20FNO2/c20-17-6-1-3-14(11-17)12-19(22)21-9-10-23-18-8-7-15-4-2-5-16(15)13-18/h1,3,6-8,11,13H,2,4-5,9-10,12H2,(H,21,22). The second-order valence-corrected chi connectivity index (χ2v) is 5.79. The Morgan fingerprint density at radius 2 is 2.00 bits per heavy atom. The van der Waals surface area contributed by atoms with E-state index in [0.29, 0.717) is 18.7 Å². The summed E-state index contributed by atoms with van der Waals surface area (Å²) >= 11 is 0. The molecule has 4 heteroatoms. The topological polar surface area (TPSA) is 38.3 Å². The van der Waals surface area contributed by atoms with Gasteiger partial charge >= 0.3 is 0 Å². The molecule has 3 nitrogen and oxygen atoms in total. The van der Waals surface area contributed by atoms with E-state index in [1.54, 1.807) is 12.1 Å². The summed E-state index contributed by atoms with van der Waals surface area (Å²) in [6.45, 7) is 0.860. The lowest BCUT2D eigenvalue weighted by Crippen LogP contribution is -2.29. The Hall–Kier alpha value is -2.36. The van der Waals surface area contributed by atoms with Crippen molar-refractivity contribution in [2.45, 2.75) is 25.7 Å². The maximum absolute atomic E-state index is 13.1. The summed E-state index contributed by atoms with van der Waals surface area (Å²) in [5.41, 5.74) is 3.46. The highest BCUT2D eigenvalue weighted by atomic mass is 19.1. The van der Waals surface area contributed by atoms with E-state index >= 15 is 0 Å². The second-order valence-electron chi connectivity index (χ2n) is 5.79. The third-order valence-corrected chi connectivity index (χ3v) is 4.02. The maximum atomic E-state index is 13.1. The Morgan fingerprint density at radius 1 is 1.13 bits per heavy atom. The van der Waals surface area contributed by atoms with Gasteiger partial charge in [0, 0.05) is 0 Å². The van der Waals surface area contributed by atoms with Gasteiger partial charge in [-0.25, -0.2) is 4.39 Å². The van der Waals surface area contributed by atoms with Crippen molar-refractivity contribution in [2.24, 2.45) is 0 Å². The van der Waals surface area contributed by atoms with Crippen molar-refractivity contribution in [3.8, 4) is 5.75 Å². The fourth-order valence-corrected chi connectivity index (χ4v) is 2.89. The van der Waals surface area contributed by atoms with Gasteiger partial charge in [0.05, 0.1) is 13.0 Å². The number of carbonyl (C=O) groups is 1. The molecule has 0 bridgehead atoms. The van der Waals surface area contributed by atoms with Crippen molar-refractivity contribution >= 4 is 5.91 Å². The van der Waals surface area contributed by atoms with Crippen LogP contribution in [-0.4, -0.2) is 19.1 Å². The number of hydrogen-bond donors (Lipinski definition) is 1. The highest BCUT2D eigenvalue weighted by Gasteiger charge is 2.11. The van der Waals surface area contributed by atoms with E-state index in [1.807, 2.05) is 6.07 Å². The molecule has 0 fully saturated rings. The Bertz CT molecular complexity index is 700. The average molecular weight is 313 g/mol. The van der Waals surface area contributed by atoms with Crippen molar-refractivity contribution in [1.29, 1.82) is 0 Å². The zero-order valence-electron chi connectivity index (χ0n) is 13.0. The fraction of sp³-hybridized carbons (Fsp3) is 0.316. The Kier molecular flexibility index (Phi) is 4.91. The molecule has 1 aliphatic rings. The lowest BCUT2D eigenvalue weighted by atomic mass is 10.1. The molecular formula is C19H20FNO2. The molecule has 0 aromatic heterocycles. The van der Waals surface area contributed by atoms with Gasteiger partial charge in [-0.1, -0.05) is 18.2 Å². The van der Waals surface area contributed by atoms with E-state index in [-0.39, 0.29) is 18.1 Å². The van der Waals surface area contributed by atoms with Gasteiger partial charge in [-0.15, -0.1) is 0 Å². The Balaban J connectivity index is 1.40. The first-order chi connectivity index (χ1) is 11.2. The minimum absolute atomic E-state index is 0.131. The van der Waals surface area contributed by atoms with Crippen LogP contribution >= 0.6 is 0 Å². The van der Waals surface area contributed by atoms with Gasteiger partial charge in [0.25, 0.3) is 0 Å². The number of amides is 1. The van der Waals surface area contributed by atoms with Gasteiger partial charge in [0.2, 0.25) is 5.91 Å². The quantitative estimate of drug-likeness (QED) is 0.833. The molecular weight excluding hydrogens is 293 g/mol. The normalized spacial score (nSPS) is 12.7. The molecule has 0 atom stereocenters. The number of hydrogen-bond acceptors (Lipinski definition) is 2.